The fraction of sp³-hybridized carbons (Fsp3) is 0.692. The molecule has 0 saturated heterocycles. The van der Waals surface area contributed by atoms with E-state index in [1.807, 2.05) is 11.1 Å². The lowest BCUT2D eigenvalue weighted by atomic mass is 10.1. The van der Waals surface area contributed by atoms with E-state index in [-0.39, 0.29) is 6.54 Å². The van der Waals surface area contributed by atoms with Crippen molar-refractivity contribution < 1.29 is 9.90 Å². The van der Waals surface area contributed by atoms with E-state index in [1.54, 1.807) is 11.3 Å². The van der Waals surface area contributed by atoms with Crippen LogP contribution in [0, 0.1) is 5.92 Å². The number of carboxylic acids is 1. The lowest BCUT2D eigenvalue weighted by molar-refractivity contribution is -0.138. The Morgan fingerprint density at radius 3 is 2.83 bits per heavy atom. The number of aliphatic carboxylic acids is 1. The van der Waals surface area contributed by atoms with Crippen molar-refractivity contribution in [2.75, 3.05) is 13.1 Å². The minimum absolute atomic E-state index is 0.102. The van der Waals surface area contributed by atoms with Crippen LogP contribution in [0.4, 0.5) is 0 Å². The average molecular weight is 270 g/mol. The Hall–Kier alpha value is -0.940. The number of aromatic nitrogens is 1. The predicted molar refractivity (Wildman–Crippen MR) is 73.9 cm³/mol. The molecule has 0 aromatic carbocycles. The van der Waals surface area contributed by atoms with Gasteiger partial charge in [-0.25, -0.2) is 4.98 Å². The molecule has 0 atom stereocenters. The minimum atomic E-state index is -0.768. The summed E-state index contributed by atoms with van der Waals surface area (Å²) < 4.78 is 0. The van der Waals surface area contributed by atoms with Gasteiger partial charge in [0.15, 0.2) is 0 Å². The number of carbonyl (C=O) groups is 1. The summed E-state index contributed by atoms with van der Waals surface area (Å²) in [6.07, 6.45) is 3.84. The van der Waals surface area contributed by atoms with Crippen molar-refractivity contribution >= 4 is 17.3 Å². The van der Waals surface area contributed by atoms with E-state index >= 15 is 0 Å². The maximum Gasteiger partial charge on any atom is 0.317 e. The predicted octanol–water partition coefficient (Wildman–Crippen LogP) is 2.64. The largest absolute Gasteiger partial charge is 0.480 e. The van der Waals surface area contributed by atoms with E-state index in [2.05, 4.69) is 25.8 Å². The normalized spacial score (nSPS) is 11.4. The number of rotatable bonds is 8. The molecule has 1 aromatic heterocycles. The number of hydrogen-bond acceptors (Lipinski definition) is 4. The van der Waals surface area contributed by atoms with Crippen LogP contribution in [0.3, 0.4) is 0 Å². The summed E-state index contributed by atoms with van der Waals surface area (Å²) in [5.74, 6) is -0.162. The highest BCUT2D eigenvalue weighted by atomic mass is 32.1. The van der Waals surface area contributed by atoms with Gasteiger partial charge in [0, 0.05) is 24.0 Å². The van der Waals surface area contributed by atoms with Gasteiger partial charge >= 0.3 is 5.97 Å². The summed E-state index contributed by atoms with van der Waals surface area (Å²) in [5, 5.41) is 10.0. The molecule has 0 radical (unpaired) electrons. The zero-order valence-corrected chi connectivity index (χ0v) is 12.2. The summed E-state index contributed by atoms with van der Waals surface area (Å²) >= 11 is 1.70. The standard InChI is InChI=1S/C13H22N2O2S/c1-4-5-15(9-13(16)17)8-11-7-14-12(18-11)6-10(2)3/h7,10H,4-6,8-9H2,1-3H3,(H,16,17). The Bertz CT molecular complexity index is 377. The Morgan fingerprint density at radius 1 is 1.56 bits per heavy atom. The summed E-state index contributed by atoms with van der Waals surface area (Å²) in [5.41, 5.74) is 0. The van der Waals surface area contributed by atoms with Crippen molar-refractivity contribution in [3.8, 4) is 0 Å². The van der Waals surface area contributed by atoms with Gasteiger partial charge in [0.1, 0.15) is 0 Å². The third-order valence-corrected chi connectivity index (χ3v) is 3.47. The zero-order chi connectivity index (χ0) is 13.5. The Kier molecular flexibility index (Phi) is 6.29. The second kappa shape index (κ2) is 7.48. The van der Waals surface area contributed by atoms with E-state index in [4.69, 9.17) is 5.11 Å². The first kappa shape index (κ1) is 15.1. The van der Waals surface area contributed by atoms with E-state index in [0.29, 0.717) is 12.5 Å². The monoisotopic (exact) mass is 270 g/mol. The molecule has 0 amide bonds. The molecule has 0 fully saturated rings. The third-order valence-electron chi connectivity index (χ3n) is 2.46. The molecular weight excluding hydrogens is 248 g/mol. The Balaban J connectivity index is 2.57. The summed E-state index contributed by atoms with van der Waals surface area (Å²) in [6, 6.07) is 0. The van der Waals surface area contributed by atoms with Gasteiger partial charge in [0.2, 0.25) is 0 Å². The van der Waals surface area contributed by atoms with Gasteiger partial charge in [-0.2, -0.15) is 0 Å². The van der Waals surface area contributed by atoms with Gasteiger partial charge in [-0.3, -0.25) is 9.69 Å². The van der Waals surface area contributed by atoms with Crippen molar-refractivity contribution in [2.45, 2.75) is 40.2 Å². The van der Waals surface area contributed by atoms with Crippen LogP contribution in [0.25, 0.3) is 0 Å². The third kappa shape index (κ3) is 5.60. The summed E-state index contributed by atoms with van der Waals surface area (Å²) in [7, 11) is 0. The molecule has 0 unspecified atom stereocenters. The molecule has 0 saturated carbocycles. The average Bonchev–Trinajstić information content (AvgIpc) is 2.63. The molecule has 4 nitrogen and oxygen atoms in total. The number of carboxylic acid groups (broad SMARTS) is 1. The topological polar surface area (TPSA) is 53.4 Å². The first-order valence-corrected chi connectivity index (χ1v) is 7.20. The van der Waals surface area contributed by atoms with Gasteiger partial charge in [0.05, 0.1) is 11.6 Å². The molecule has 0 spiro atoms. The molecule has 18 heavy (non-hydrogen) atoms. The van der Waals surface area contributed by atoms with E-state index in [9.17, 15) is 4.79 Å². The summed E-state index contributed by atoms with van der Waals surface area (Å²) in [6.45, 7) is 8.01. The van der Waals surface area contributed by atoms with Gasteiger partial charge in [-0.1, -0.05) is 20.8 Å². The first-order valence-electron chi connectivity index (χ1n) is 6.39. The molecule has 1 aromatic rings. The van der Waals surface area contributed by atoms with E-state index in [1.165, 1.54) is 0 Å². The first-order chi connectivity index (χ1) is 8.51. The van der Waals surface area contributed by atoms with Gasteiger partial charge in [-0.15, -0.1) is 11.3 Å². The van der Waals surface area contributed by atoms with Crippen molar-refractivity contribution in [2.24, 2.45) is 5.92 Å². The Labute approximate surface area is 113 Å². The number of hydrogen-bond donors (Lipinski definition) is 1. The van der Waals surface area contributed by atoms with Crippen molar-refractivity contribution in [3.63, 3.8) is 0 Å². The second-order valence-electron chi connectivity index (χ2n) is 4.92. The van der Waals surface area contributed by atoms with Crippen LogP contribution < -0.4 is 0 Å². The zero-order valence-electron chi connectivity index (χ0n) is 11.3. The van der Waals surface area contributed by atoms with Crippen LogP contribution in [-0.4, -0.2) is 34.0 Å². The molecule has 5 heteroatoms. The van der Waals surface area contributed by atoms with E-state index in [0.717, 1.165) is 29.3 Å². The van der Waals surface area contributed by atoms with E-state index < -0.39 is 5.97 Å². The SMILES string of the molecule is CCCN(CC(=O)O)Cc1cnc(CC(C)C)s1. The smallest absolute Gasteiger partial charge is 0.317 e. The molecule has 0 aliphatic carbocycles. The maximum absolute atomic E-state index is 10.8. The van der Waals surface area contributed by atoms with Gasteiger partial charge < -0.3 is 5.11 Å². The van der Waals surface area contributed by atoms with Crippen LogP contribution in [0.15, 0.2) is 6.20 Å². The molecule has 0 bridgehead atoms. The van der Waals surface area contributed by atoms with Gasteiger partial charge in [-0.05, 0) is 18.9 Å². The van der Waals surface area contributed by atoms with Gasteiger partial charge in [0.25, 0.3) is 0 Å². The van der Waals surface area contributed by atoms with Crippen LogP contribution >= 0.6 is 11.3 Å². The lowest BCUT2D eigenvalue weighted by Crippen LogP contribution is -2.29. The summed E-state index contributed by atoms with van der Waals surface area (Å²) in [4.78, 5) is 18.3. The number of thiazole rings is 1. The van der Waals surface area contributed by atoms with Crippen LogP contribution in [0.5, 0.6) is 0 Å². The van der Waals surface area contributed by atoms with Crippen molar-refractivity contribution in [1.82, 2.24) is 9.88 Å². The molecule has 1 heterocycles. The quantitative estimate of drug-likeness (QED) is 0.789. The van der Waals surface area contributed by atoms with Crippen LogP contribution in [-0.2, 0) is 17.8 Å². The molecular formula is C13H22N2O2S. The number of nitrogens with zero attached hydrogens (tertiary/aromatic N) is 2. The molecule has 102 valence electrons. The highest BCUT2D eigenvalue weighted by Gasteiger charge is 2.11. The van der Waals surface area contributed by atoms with Crippen LogP contribution in [0.2, 0.25) is 0 Å². The highest BCUT2D eigenvalue weighted by Crippen LogP contribution is 2.18. The molecule has 0 aliphatic heterocycles. The molecule has 0 aliphatic rings. The van der Waals surface area contributed by atoms with Crippen molar-refractivity contribution in [1.29, 1.82) is 0 Å². The fourth-order valence-electron chi connectivity index (χ4n) is 1.81. The maximum atomic E-state index is 10.8. The van der Waals surface area contributed by atoms with Crippen LogP contribution in [0.1, 0.15) is 37.1 Å². The fourth-order valence-corrected chi connectivity index (χ4v) is 2.98. The molecule has 1 N–H and O–H groups in total. The lowest BCUT2D eigenvalue weighted by Gasteiger charge is -2.17. The molecule has 1 rings (SSSR count). The Morgan fingerprint density at radius 2 is 2.28 bits per heavy atom. The highest BCUT2D eigenvalue weighted by molar-refractivity contribution is 7.11. The second-order valence-corrected chi connectivity index (χ2v) is 6.12. The minimum Gasteiger partial charge on any atom is -0.480 e. The van der Waals surface area contributed by atoms with Crippen molar-refractivity contribution in [3.05, 3.63) is 16.1 Å².